The molecule has 0 radical (unpaired) electrons. The minimum atomic E-state index is 0.545. The smallest absolute Gasteiger partial charge is 0.166 e. The maximum Gasteiger partial charge on any atom is 0.166 e. The van der Waals surface area contributed by atoms with Crippen LogP contribution >= 0.6 is 0 Å². The van der Waals surface area contributed by atoms with Gasteiger partial charge in [-0.1, -0.05) is 20.3 Å². The van der Waals surface area contributed by atoms with Gasteiger partial charge in [-0.25, -0.2) is 0 Å². The molecular formula is C10H14N4. The zero-order chi connectivity index (χ0) is 10.4. The summed E-state index contributed by atoms with van der Waals surface area (Å²) in [5.41, 5.74) is 0.545. The molecule has 0 saturated carbocycles. The Hall–Kier alpha value is -1.63. The minimum Gasteiger partial charge on any atom is -0.367 e. The third-order valence-electron chi connectivity index (χ3n) is 2.16. The highest BCUT2D eigenvalue weighted by molar-refractivity contribution is 5.49. The van der Waals surface area contributed by atoms with Gasteiger partial charge in [-0.05, 0) is 12.0 Å². The highest BCUT2D eigenvalue weighted by atomic mass is 15.2. The van der Waals surface area contributed by atoms with E-state index in [2.05, 4.69) is 35.4 Å². The van der Waals surface area contributed by atoms with Gasteiger partial charge in [-0.15, -0.1) is 5.10 Å². The van der Waals surface area contributed by atoms with Crippen molar-refractivity contribution in [3.8, 4) is 6.07 Å². The summed E-state index contributed by atoms with van der Waals surface area (Å²) in [5.74, 6) is 1.15. The minimum absolute atomic E-state index is 0.545. The number of hydrogen-bond acceptors (Lipinski definition) is 4. The molecule has 1 aromatic rings. The number of nitrogens with one attached hydrogen (secondary N) is 1. The molecular weight excluding hydrogens is 176 g/mol. The molecule has 4 heteroatoms. The van der Waals surface area contributed by atoms with E-state index < -0.39 is 0 Å². The molecule has 1 aromatic heterocycles. The Kier molecular flexibility index (Phi) is 3.86. The lowest BCUT2D eigenvalue weighted by Gasteiger charge is -2.10. The van der Waals surface area contributed by atoms with Gasteiger partial charge in [0, 0.05) is 6.54 Å². The number of anilines is 1. The van der Waals surface area contributed by atoms with Gasteiger partial charge in [-0.2, -0.15) is 10.4 Å². The molecule has 1 heterocycles. The summed E-state index contributed by atoms with van der Waals surface area (Å²) in [6, 6.07) is 3.73. The highest BCUT2D eigenvalue weighted by Crippen LogP contribution is 2.09. The van der Waals surface area contributed by atoms with Gasteiger partial charge in [0.15, 0.2) is 5.82 Å². The van der Waals surface area contributed by atoms with Gasteiger partial charge in [-0.3, -0.25) is 0 Å². The standard InChI is InChI=1S/C10H14N4/c1-3-8(2)7-12-10-9(6-11)4-5-13-14-10/h4-5,8H,3,7H2,1-2H3,(H,12,14). The van der Waals surface area contributed by atoms with Crippen LogP contribution in [0.2, 0.25) is 0 Å². The predicted octanol–water partition coefficient (Wildman–Crippen LogP) is 1.81. The van der Waals surface area contributed by atoms with Crippen molar-refractivity contribution in [2.75, 3.05) is 11.9 Å². The van der Waals surface area contributed by atoms with Crippen molar-refractivity contribution in [1.29, 1.82) is 5.26 Å². The largest absolute Gasteiger partial charge is 0.367 e. The summed E-state index contributed by atoms with van der Waals surface area (Å²) in [6.07, 6.45) is 2.63. The summed E-state index contributed by atoms with van der Waals surface area (Å²) in [5, 5.41) is 19.5. The molecule has 0 bridgehead atoms. The predicted molar refractivity (Wildman–Crippen MR) is 54.7 cm³/mol. The molecule has 0 aliphatic rings. The second-order valence-electron chi connectivity index (χ2n) is 3.30. The van der Waals surface area contributed by atoms with Gasteiger partial charge in [0.05, 0.1) is 11.8 Å². The SMILES string of the molecule is CCC(C)CNc1nnccc1C#N. The summed E-state index contributed by atoms with van der Waals surface area (Å²) in [7, 11) is 0. The van der Waals surface area contributed by atoms with Gasteiger partial charge >= 0.3 is 0 Å². The Morgan fingerprint density at radius 2 is 2.43 bits per heavy atom. The second kappa shape index (κ2) is 5.18. The molecule has 0 fully saturated rings. The van der Waals surface area contributed by atoms with Crippen molar-refractivity contribution < 1.29 is 0 Å². The first-order valence-electron chi connectivity index (χ1n) is 4.73. The number of rotatable bonds is 4. The van der Waals surface area contributed by atoms with Crippen LogP contribution in [0.3, 0.4) is 0 Å². The van der Waals surface area contributed by atoms with Crippen molar-refractivity contribution in [2.45, 2.75) is 20.3 Å². The Labute approximate surface area is 84.0 Å². The Morgan fingerprint density at radius 3 is 3.07 bits per heavy atom. The lowest BCUT2D eigenvalue weighted by atomic mass is 10.1. The van der Waals surface area contributed by atoms with Crippen molar-refractivity contribution in [1.82, 2.24) is 10.2 Å². The second-order valence-corrected chi connectivity index (χ2v) is 3.30. The molecule has 1 N–H and O–H groups in total. The molecule has 0 aliphatic heterocycles. The lowest BCUT2D eigenvalue weighted by Crippen LogP contribution is -2.12. The van der Waals surface area contributed by atoms with Crippen LogP contribution < -0.4 is 5.32 Å². The summed E-state index contributed by atoms with van der Waals surface area (Å²) in [6.45, 7) is 5.10. The van der Waals surface area contributed by atoms with E-state index in [1.807, 2.05) is 0 Å². The van der Waals surface area contributed by atoms with Gasteiger partial charge in [0.2, 0.25) is 0 Å². The quantitative estimate of drug-likeness (QED) is 0.786. The zero-order valence-electron chi connectivity index (χ0n) is 8.49. The van der Waals surface area contributed by atoms with Crippen LogP contribution in [-0.2, 0) is 0 Å². The first kappa shape index (κ1) is 10.5. The van der Waals surface area contributed by atoms with E-state index in [4.69, 9.17) is 5.26 Å². The number of aromatic nitrogens is 2. The molecule has 74 valence electrons. The average Bonchev–Trinajstić information content (AvgIpc) is 2.26. The topological polar surface area (TPSA) is 61.6 Å². The van der Waals surface area contributed by atoms with E-state index >= 15 is 0 Å². The number of nitrogens with zero attached hydrogens (tertiary/aromatic N) is 3. The fourth-order valence-electron chi connectivity index (χ4n) is 0.968. The van der Waals surface area contributed by atoms with E-state index in [-0.39, 0.29) is 0 Å². The van der Waals surface area contributed by atoms with E-state index in [0.717, 1.165) is 13.0 Å². The zero-order valence-corrected chi connectivity index (χ0v) is 8.49. The van der Waals surface area contributed by atoms with Gasteiger partial charge in [0.25, 0.3) is 0 Å². The molecule has 1 unspecified atom stereocenters. The van der Waals surface area contributed by atoms with Crippen LogP contribution in [0.15, 0.2) is 12.3 Å². The summed E-state index contributed by atoms with van der Waals surface area (Å²) >= 11 is 0. The molecule has 0 aromatic carbocycles. The van der Waals surface area contributed by atoms with E-state index in [9.17, 15) is 0 Å². The molecule has 1 rings (SSSR count). The van der Waals surface area contributed by atoms with Gasteiger partial charge in [0.1, 0.15) is 6.07 Å². The summed E-state index contributed by atoms with van der Waals surface area (Å²) in [4.78, 5) is 0. The number of hydrogen-bond donors (Lipinski definition) is 1. The van der Waals surface area contributed by atoms with Crippen LogP contribution in [0.1, 0.15) is 25.8 Å². The molecule has 1 atom stereocenters. The molecule has 0 spiro atoms. The Bertz CT molecular complexity index is 329. The lowest BCUT2D eigenvalue weighted by molar-refractivity contribution is 0.592. The maximum absolute atomic E-state index is 8.78. The summed E-state index contributed by atoms with van der Waals surface area (Å²) < 4.78 is 0. The van der Waals surface area contributed by atoms with E-state index in [1.54, 1.807) is 6.07 Å². The van der Waals surface area contributed by atoms with Gasteiger partial charge < -0.3 is 5.32 Å². The fourth-order valence-corrected chi connectivity index (χ4v) is 0.968. The van der Waals surface area contributed by atoms with Crippen LogP contribution in [0.25, 0.3) is 0 Å². The van der Waals surface area contributed by atoms with Crippen LogP contribution in [0.5, 0.6) is 0 Å². The fraction of sp³-hybridized carbons (Fsp3) is 0.500. The average molecular weight is 190 g/mol. The van der Waals surface area contributed by atoms with Crippen molar-refractivity contribution in [3.05, 3.63) is 17.8 Å². The number of nitriles is 1. The van der Waals surface area contributed by atoms with Crippen LogP contribution in [0.4, 0.5) is 5.82 Å². The highest BCUT2D eigenvalue weighted by Gasteiger charge is 2.04. The van der Waals surface area contributed by atoms with Crippen LogP contribution in [-0.4, -0.2) is 16.7 Å². The van der Waals surface area contributed by atoms with Crippen LogP contribution in [0, 0.1) is 17.2 Å². The Balaban J connectivity index is 2.63. The third kappa shape index (κ3) is 2.70. The molecule has 0 aliphatic carbocycles. The third-order valence-corrected chi connectivity index (χ3v) is 2.16. The molecule has 0 amide bonds. The normalized spacial score (nSPS) is 11.8. The maximum atomic E-state index is 8.78. The van der Waals surface area contributed by atoms with Crippen molar-refractivity contribution >= 4 is 5.82 Å². The monoisotopic (exact) mass is 190 g/mol. The van der Waals surface area contributed by atoms with Crippen molar-refractivity contribution in [3.63, 3.8) is 0 Å². The van der Waals surface area contributed by atoms with E-state index in [0.29, 0.717) is 17.3 Å². The molecule has 0 saturated heterocycles. The first-order valence-corrected chi connectivity index (χ1v) is 4.73. The first-order chi connectivity index (χ1) is 6.77. The Morgan fingerprint density at radius 1 is 1.64 bits per heavy atom. The van der Waals surface area contributed by atoms with Crippen molar-refractivity contribution in [2.24, 2.45) is 5.92 Å². The van der Waals surface area contributed by atoms with E-state index in [1.165, 1.54) is 6.20 Å². The molecule has 14 heavy (non-hydrogen) atoms. The molecule has 4 nitrogen and oxygen atoms in total.